The molecule has 192 valence electrons. The quantitative estimate of drug-likeness (QED) is 0.274. The van der Waals surface area contributed by atoms with Crippen molar-refractivity contribution in [1.29, 1.82) is 0 Å². The van der Waals surface area contributed by atoms with E-state index in [2.05, 4.69) is 4.98 Å². The zero-order valence-corrected chi connectivity index (χ0v) is 21.4. The molecule has 0 bridgehead atoms. The Balaban J connectivity index is 1.41. The lowest BCUT2D eigenvalue weighted by atomic mass is 9.92. The highest BCUT2D eigenvalue weighted by Crippen LogP contribution is 2.40. The summed E-state index contributed by atoms with van der Waals surface area (Å²) in [6.45, 7) is 2.53. The minimum Gasteiger partial charge on any atom is -0.491 e. The minimum atomic E-state index is -0.396. The number of aromatic nitrogens is 1. The van der Waals surface area contributed by atoms with E-state index in [0.29, 0.717) is 50.2 Å². The number of amides is 1. The van der Waals surface area contributed by atoms with Crippen molar-refractivity contribution in [3.8, 4) is 11.5 Å². The van der Waals surface area contributed by atoms with Crippen molar-refractivity contribution in [1.82, 2.24) is 9.88 Å². The van der Waals surface area contributed by atoms with E-state index in [1.807, 2.05) is 60.7 Å². The molecule has 0 radical (unpaired) electrons. The van der Waals surface area contributed by atoms with Crippen molar-refractivity contribution in [3.63, 3.8) is 0 Å². The van der Waals surface area contributed by atoms with Gasteiger partial charge in [-0.3, -0.25) is 4.90 Å². The summed E-state index contributed by atoms with van der Waals surface area (Å²) in [5.41, 5.74) is 4.08. The fourth-order valence-electron chi connectivity index (χ4n) is 4.66. The molecule has 0 spiro atoms. The largest absolute Gasteiger partial charge is 0.491 e. The van der Waals surface area contributed by atoms with Crippen LogP contribution >= 0.6 is 11.6 Å². The van der Waals surface area contributed by atoms with Crippen LogP contribution < -0.4 is 9.47 Å². The number of fused-ring (bicyclic) bond motifs is 3. The number of rotatable bonds is 9. The van der Waals surface area contributed by atoms with Crippen molar-refractivity contribution in [2.24, 2.45) is 0 Å². The monoisotopic (exact) mass is 520 g/mol. The highest BCUT2D eigenvalue weighted by Gasteiger charge is 2.35. The second-order valence-corrected chi connectivity index (χ2v) is 9.19. The van der Waals surface area contributed by atoms with Crippen LogP contribution in [0.4, 0.5) is 4.79 Å². The topological polar surface area (TPSA) is 73.0 Å². The molecular weight excluding hydrogens is 492 g/mol. The highest BCUT2D eigenvalue weighted by atomic mass is 35.5. The Morgan fingerprint density at radius 2 is 1.76 bits per heavy atom. The summed E-state index contributed by atoms with van der Waals surface area (Å²) >= 11 is 6.31. The third-order valence-electron chi connectivity index (χ3n) is 6.40. The summed E-state index contributed by atoms with van der Waals surface area (Å²) in [5, 5.41) is 1.77. The maximum absolute atomic E-state index is 13.4. The molecule has 1 aromatic heterocycles. The Morgan fingerprint density at radius 1 is 0.973 bits per heavy atom. The molecule has 3 aromatic carbocycles. The van der Waals surface area contributed by atoms with Crippen molar-refractivity contribution in [2.75, 3.05) is 40.1 Å². The van der Waals surface area contributed by atoms with Crippen LogP contribution in [0.3, 0.4) is 0 Å². The van der Waals surface area contributed by atoms with Crippen LogP contribution in [0, 0.1) is 0 Å². The van der Waals surface area contributed by atoms with Crippen LogP contribution in [0.25, 0.3) is 10.9 Å². The summed E-state index contributed by atoms with van der Waals surface area (Å²) in [6, 6.07) is 22.4. The number of nitrogens with one attached hydrogen (secondary N) is 1. The zero-order valence-electron chi connectivity index (χ0n) is 20.6. The summed E-state index contributed by atoms with van der Waals surface area (Å²) < 4.78 is 22.0. The third kappa shape index (κ3) is 5.74. The predicted molar refractivity (Wildman–Crippen MR) is 143 cm³/mol. The second kappa shape index (κ2) is 11.7. The van der Waals surface area contributed by atoms with Gasteiger partial charge in [0.05, 0.1) is 19.8 Å². The molecule has 1 amide bonds. The molecule has 0 aliphatic carbocycles. The number of hydrogen-bond donors (Lipinski definition) is 1. The number of carbonyl (C=O) groups excluding carboxylic acids is 1. The number of para-hydroxylation sites is 1. The van der Waals surface area contributed by atoms with Crippen LogP contribution in [0.15, 0.2) is 72.8 Å². The van der Waals surface area contributed by atoms with E-state index in [9.17, 15) is 4.79 Å². The van der Waals surface area contributed by atoms with Crippen LogP contribution in [0.1, 0.15) is 22.9 Å². The van der Waals surface area contributed by atoms with Crippen molar-refractivity contribution in [3.05, 3.63) is 94.6 Å². The molecular formula is C29H29ClN2O5. The molecule has 0 fully saturated rings. The van der Waals surface area contributed by atoms with Gasteiger partial charge in [0.25, 0.3) is 0 Å². The number of ether oxygens (including phenoxy) is 4. The Bertz CT molecular complexity index is 1340. The van der Waals surface area contributed by atoms with Gasteiger partial charge in [0.15, 0.2) is 0 Å². The number of halogens is 1. The number of aromatic amines is 1. The maximum Gasteiger partial charge on any atom is 0.416 e. The summed E-state index contributed by atoms with van der Waals surface area (Å²) in [6.07, 6.45) is 0.299. The lowest BCUT2D eigenvalue weighted by Crippen LogP contribution is -2.42. The van der Waals surface area contributed by atoms with Gasteiger partial charge < -0.3 is 23.9 Å². The van der Waals surface area contributed by atoms with Crippen LogP contribution in [0.5, 0.6) is 11.5 Å². The molecule has 37 heavy (non-hydrogen) atoms. The first kappa shape index (κ1) is 25.1. The average molecular weight is 521 g/mol. The zero-order chi connectivity index (χ0) is 25.6. The molecule has 0 saturated carbocycles. The predicted octanol–water partition coefficient (Wildman–Crippen LogP) is 6.01. The minimum absolute atomic E-state index is 0.349. The van der Waals surface area contributed by atoms with Gasteiger partial charge >= 0.3 is 6.09 Å². The highest BCUT2D eigenvalue weighted by molar-refractivity contribution is 6.31. The van der Waals surface area contributed by atoms with E-state index in [0.717, 1.165) is 27.9 Å². The molecule has 1 N–H and O–H groups in total. The van der Waals surface area contributed by atoms with E-state index >= 15 is 0 Å². The van der Waals surface area contributed by atoms with Crippen LogP contribution in [0.2, 0.25) is 5.02 Å². The number of benzene rings is 3. The van der Waals surface area contributed by atoms with E-state index in [4.69, 9.17) is 30.5 Å². The van der Waals surface area contributed by atoms with Gasteiger partial charge in [0.2, 0.25) is 0 Å². The van der Waals surface area contributed by atoms with Gasteiger partial charge in [0, 0.05) is 35.3 Å². The number of methoxy groups -OCH3 is 1. The molecule has 2 heterocycles. The maximum atomic E-state index is 13.4. The number of hydrogen-bond acceptors (Lipinski definition) is 5. The van der Waals surface area contributed by atoms with Crippen molar-refractivity contribution >= 4 is 28.6 Å². The Hall–Kier alpha value is -3.52. The third-order valence-corrected chi connectivity index (χ3v) is 6.63. The van der Waals surface area contributed by atoms with Crippen LogP contribution in [-0.2, 0) is 15.9 Å². The Kier molecular flexibility index (Phi) is 7.94. The van der Waals surface area contributed by atoms with Crippen molar-refractivity contribution < 1.29 is 23.7 Å². The lowest BCUT2D eigenvalue weighted by Gasteiger charge is -2.35. The molecule has 1 atom stereocenters. The van der Waals surface area contributed by atoms with E-state index in [-0.39, 0.29) is 6.04 Å². The standard InChI is InChI=1S/C29H29ClN2O5/c1-34-15-16-35-17-18-36-22-10-7-20(8-11-22)28-27-24(25-19-21(30)9-12-26(25)31-27)13-14-32(28)29(33)37-23-5-3-2-4-6-23/h2-12,19,28,31H,13-18H2,1H3. The molecule has 8 heteroatoms. The van der Waals surface area contributed by atoms with Crippen molar-refractivity contribution in [2.45, 2.75) is 12.5 Å². The van der Waals surface area contributed by atoms with Gasteiger partial charge in [-0.15, -0.1) is 0 Å². The van der Waals surface area contributed by atoms with Gasteiger partial charge in [-0.25, -0.2) is 4.79 Å². The molecule has 5 rings (SSSR count). The number of carbonyl (C=O) groups is 1. The first-order valence-corrected chi connectivity index (χ1v) is 12.6. The number of nitrogens with zero attached hydrogens (tertiary/aromatic N) is 1. The fraction of sp³-hybridized carbons (Fsp3) is 0.276. The second-order valence-electron chi connectivity index (χ2n) is 8.76. The molecule has 1 unspecified atom stereocenters. The smallest absolute Gasteiger partial charge is 0.416 e. The van der Waals surface area contributed by atoms with Gasteiger partial charge in [-0.05, 0) is 60.0 Å². The Labute approximate surface area is 220 Å². The first-order chi connectivity index (χ1) is 18.1. The number of H-pyrrole nitrogens is 1. The molecule has 7 nitrogen and oxygen atoms in total. The van der Waals surface area contributed by atoms with E-state index in [1.54, 1.807) is 24.1 Å². The molecule has 1 aliphatic heterocycles. The van der Waals surface area contributed by atoms with E-state index in [1.165, 1.54) is 5.56 Å². The molecule has 1 aliphatic rings. The summed E-state index contributed by atoms with van der Waals surface area (Å²) in [4.78, 5) is 18.7. The average Bonchev–Trinajstić information content (AvgIpc) is 3.29. The molecule has 4 aromatic rings. The SMILES string of the molecule is COCCOCCOc1ccc(C2c3[nH]c4ccc(Cl)cc4c3CCN2C(=O)Oc2ccccc2)cc1. The first-order valence-electron chi connectivity index (χ1n) is 12.3. The normalized spacial score (nSPS) is 15.0. The van der Waals surface area contributed by atoms with Gasteiger partial charge in [-0.2, -0.15) is 0 Å². The van der Waals surface area contributed by atoms with Gasteiger partial charge in [-0.1, -0.05) is 41.9 Å². The summed E-state index contributed by atoms with van der Waals surface area (Å²) in [7, 11) is 1.64. The molecule has 0 saturated heterocycles. The van der Waals surface area contributed by atoms with Gasteiger partial charge in [0.1, 0.15) is 24.1 Å². The Morgan fingerprint density at radius 3 is 2.54 bits per heavy atom. The summed E-state index contributed by atoms with van der Waals surface area (Å²) in [5.74, 6) is 1.24. The fourth-order valence-corrected chi connectivity index (χ4v) is 4.83. The lowest BCUT2D eigenvalue weighted by molar-refractivity contribution is 0.0544. The van der Waals surface area contributed by atoms with Crippen LogP contribution in [-0.4, -0.2) is 56.1 Å². The van der Waals surface area contributed by atoms with E-state index < -0.39 is 6.09 Å².